The summed E-state index contributed by atoms with van der Waals surface area (Å²) < 4.78 is 5.80. The first kappa shape index (κ1) is 12.4. The van der Waals surface area contributed by atoms with Crippen molar-refractivity contribution in [3.05, 3.63) is 29.8 Å². The molecule has 3 heteroatoms. The first-order chi connectivity index (χ1) is 8.33. The van der Waals surface area contributed by atoms with Gasteiger partial charge in [0, 0.05) is 25.6 Å². The maximum atomic E-state index is 5.80. The van der Waals surface area contributed by atoms with E-state index in [1.165, 1.54) is 5.56 Å². The molecule has 1 heterocycles. The second-order valence-corrected chi connectivity index (χ2v) is 4.67. The first-order valence-corrected chi connectivity index (χ1v) is 6.46. The van der Waals surface area contributed by atoms with E-state index < -0.39 is 0 Å². The zero-order valence-corrected chi connectivity index (χ0v) is 10.6. The van der Waals surface area contributed by atoms with Crippen molar-refractivity contribution in [3.8, 4) is 5.75 Å². The summed E-state index contributed by atoms with van der Waals surface area (Å²) >= 11 is 0. The smallest absolute Gasteiger partial charge is 0.122 e. The Balaban J connectivity index is 1.93. The second-order valence-electron chi connectivity index (χ2n) is 4.67. The summed E-state index contributed by atoms with van der Waals surface area (Å²) in [5, 5.41) is 0. The van der Waals surface area contributed by atoms with Crippen molar-refractivity contribution in [2.45, 2.75) is 13.3 Å². The lowest BCUT2D eigenvalue weighted by molar-refractivity contribution is 0.165. The van der Waals surface area contributed by atoms with Crippen molar-refractivity contribution in [1.29, 1.82) is 0 Å². The fourth-order valence-electron chi connectivity index (χ4n) is 2.43. The number of hydrogen-bond donors (Lipinski definition) is 1. The molecular formula is C14H22N2O. The summed E-state index contributed by atoms with van der Waals surface area (Å²) in [7, 11) is 0. The summed E-state index contributed by atoms with van der Waals surface area (Å²) in [4.78, 5) is 2.40. The average molecular weight is 234 g/mol. The van der Waals surface area contributed by atoms with Gasteiger partial charge in [-0.2, -0.15) is 0 Å². The summed E-state index contributed by atoms with van der Waals surface area (Å²) in [5.41, 5.74) is 6.95. The highest BCUT2D eigenvalue weighted by atomic mass is 16.5. The van der Waals surface area contributed by atoms with Crippen LogP contribution in [0.25, 0.3) is 0 Å². The maximum absolute atomic E-state index is 5.80. The minimum absolute atomic E-state index is 0.594. The van der Waals surface area contributed by atoms with Crippen molar-refractivity contribution in [2.75, 3.05) is 32.8 Å². The Labute approximate surface area is 104 Å². The summed E-state index contributed by atoms with van der Waals surface area (Å²) in [6, 6.07) is 8.34. The minimum atomic E-state index is 0.594. The standard InChI is InChI=1S/C14H22N2O/c1-2-16(8-7-15)10-12-9-13-5-3-4-6-14(13)17-11-12/h3-6,12H,2,7-11,15H2,1H3. The summed E-state index contributed by atoms with van der Waals surface area (Å²) in [5.74, 6) is 1.65. The third-order valence-electron chi connectivity index (χ3n) is 3.36. The van der Waals surface area contributed by atoms with Crippen molar-refractivity contribution in [1.82, 2.24) is 4.90 Å². The number of fused-ring (bicyclic) bond motifs is 1. The predicted molar refractivity (Wildman–Crippen MR) is 70.3 cm³/mol. The molecule has 0 saturated carbocycles. The Morgan fingerprint density at radius 2 is 2.24 bits per heavy atom. The highest BCUT2D eigenvalue weighted by Crippen LogP contribution is 2.27. The number of likely N-dealkylation sites (N-methyl/N-ethyl adjacent to an activating group) is 1. The molecule has 0 aliphatic carbocycles. The van der Waals surface area contributed by atoms with E-state index in [1.807, 2.05) is 6.07 Å². The molecule has 1 aliphatic rings. The number of hydrogen-bond acceptors (Lipinski definition) is 3. The zero-order valence-electron chi connectivity index (χ0n) is 10.6. The monoisotopic (exact) mass is 234 g/mol. The molecular weight excluding hydrogens is 212 g/mol. The molecule has 2 N–H and O–H groups in total. The number of para-hydroxylation sites is 1. The Morgan fingerprint density at radius 1 is 1.41 bits per heavy atom. The summed E-state index contributed by atoms with van der Waals surface area (Å²) in [6.07, 6.45) is 1.12. The van der Waals surface area contributed by atoms with E-state index in [0.717, 1.165) is 45.0 Å². The predicted octanol–water partition coefficient (Wildman–Crippen LogP) is 1.52. The SMILES string of the molecule is CCN(CCN)CC1COc2ccccc2C1. The van der Waals surface area contributed by atoms with E-state index in [4.69, 9.17) is 10.5 Å². The molecule has 0 spiro atoms. The number of rotatable bonds is 5. The molecule has 0 fully saturated rings. The van der Waals surface area contributed by atoms with E-state index in [1.54, 1.807) is 0 Å². The van der Waals surface area contributed by atoms with Crippen molar-refractivity contribution >= 4 is 0 Å². The second kappa shape index (κ2) is 6.03. The Kier molecular flexibility index (Phi) is 4.40. The van der Waals surface area contributed by atoms with Crippen molar-refractivity contribution in [3.63, 3.8) is 0 Å². The molecule has 94 valence electrons. The van der Waals surface area contributed by atoms with Crippen LogP contribution >= 0.6 is 0 Å². The van der Waals surface area contributed by atoms with Gasteiger partial charge in [-0.3, -0.25) is 0 Å². The molecule has 0 amide bonds. The van der Waals surface area contributed by atoms with Crippen LogP contribution in [0, 0.1) is 5.92 Å². The number of nitrogens with two attached hydrogens (primary N) is 1. The molecule has 17 heavy (non-hydrogen) atoms. The van der Waals surface area contributed by atoms with Gasteiger partial charge in [-0.05, 0) is 24.6 Å². The minimum Gasteiger partial charge on any atom is -0.493 e. The highest BCUT2D eigenvalue weighted by molar-refractivity contribution is 5.35. The third-order valence-corrected chi connectivity index (χ3v) is 3.36. The van der Waals surface area contributed by atoms with Crippen LogP contribution in [0.3, 0.4) is 0 Å². The fourth-order valence-corrected chi connectivity index (χ4v) is 2.43. The van der Waals surface area contributed by atoms with E-state index in [2.05, 4.69) is 30.0 Å². The molecule has 0 aromatic heterocycles. The van der Waals surface area contributed by atoms with Crippen LogP contribution in [-0.4, -0.2) is 37.7 Å². The molecule has 0 radical (unpaired) electrons. The normalized spacial score (nSPS) is 18.9. The maximum Gasteiger partial charge on any atom is 0.122 e. The van der Waals surface area contributed by atoms with Gasteiger partial charge in [0.1, 0.15) is 5.75 Å². The molecule has 1 aromatic carbocycles. The fraction of sp³-hybridized carbons (Fsp3) is 0.571. The van der Waals surface area contributed by atoms with E-state index in [-0.39, 0.29) is 0 Å². The number of benzene rings is 1. The first-order valence-electron chi connectivity index (χ1n) is 6.46. The quantitative estimate of drug-likeness (QED) is 0.839. The molecule has 3 nitrogen and oxygen atoms in total. The largest absolute Gasteiger partial charge is 0.493 e. The molecule has 0 saturated heterocycles. The molecule has 1 aliphatic heterocycles. The van der Waals surface area contributed by atoms with Gasteiger partial charge in [0.25, 0.3) is 0 Å². The molecule has 1 atom stereocenters. The van der Waals surface area contributed by atoms with E-state index in [0.29, 0.717) is 5.92 Å². The Hall–Kier alpha value is -1.06. The van der Waals surface area contributed by atoms with Gasteiger partial charge in [0.15, 0.2) is 0 Å². The van der Waals surface area contributed by atoms with E-state index >= 15 is 0 Å². The lowest BCUT2D eigenvalue weighted by Gasteiger charge is -2.30. The van der Waals surface area contributed by atoms with Gasteiger partial charge in [0.05, 0.1) is 6.61 Å². The number of nitrogens with zero attached hydrogens (tertiary/aromatic N) is 1. The lowest BCUT2D eigenvalue weighted by Crippen LogP contribution is -2.37. The topological polar surface area (TPSA) is 38.5 Å². The molecule has 2 rings (SSSR count). The lowest BCUT2D eigenvalue weighted by atomic mass is 9.96. The van der Waals surface area contributed by atoms with Gasteiger partial charge < -0.3 is 15.4 Å². The molecule has 1 aromatic rings. The average Bonchev–Trinajstić information content (AvgIpc) is 2.38. The third kappa shape index (κ3) is 3.20. The number of ether oxygens (including phenoxy) is 1. The van der Waals surface area contributed by atoms with Crippen LogP contribution in [0.4, 0.5) is 0 Å². The van der Waals surface area contributed by atoms with Gasteiger partial charge in [0.2, 0.25) is 0 Å². The molecule has 1 unspecified atom stereocenters. The summed E-state index contributed by atoms with van der Waals surface area (Å²) in [6.45, 7) is 6.88. The Morgan fingerprint density at radius 3 is 3.00 bits per heavy atom. The Bertz CT molecular complexity index is 354. The van der Waals surface area contributed by atoms with Crippen LogP contribution in [-0.2, 0) is 6.42 Å². The van der Waals surface area contributed by atoms with Crippen LogP contribution < -0.4 is 10.5 Å². The van der Waals surface area contributed by atoms with E-state index in [9.17, 15) is 0 Å². The van der Waals surface area contributed by atoms with Crippen LogP contribution in [0.15, 0.2) is 24.3 Å². The van der Waals surface area contributed by atoms with Gasteiger partial charge in [-0.15, -0.1) is 0 Å². The zero-order chi connectivity index (χ0) is 12.1. The van der Waals surface area contributed by atoms with Gasteiger partial charge in [-0.1, -0.05) is 25.1 Å². The highest BCUT2D eigenvalue weighted by Gasteiger charge is 2.20. The van der Waals surface area contributed by atoms with Crippen LogP contribution in [0.2, 0.25) is 0 Å². The molecule has 0 bridgehead atoms. The van der Waals surface area contributed by atoms with Crippen LogP contribution in [0.5, 0.6) is 5.75 Å². The van der Waals surface area contributed by atoms with Crippen molar-refractivity contribution in [2.24, 2.45) is 11.7 Å². The van der Waals surface area contributed by atoms with Gasteiger partial charge in [-0.25, -0.2) is 0 Å². The van der Waals surface area contributed by atoms with Gasteiger partial charge >= 0.3 is 0 Å². The van der Waals surface area contributed by atoms with Crippen LogP contribution in [0.1, 0.15) is 12.5 Å². The van der Waals surface area contributed by atoms with Crippen molar-refractivity contribution < 1.29 is 4.74 Å².